The summed E-state index contributed by atoms with van der Waals surface area (Å²) in [6.45, 7) is 0. The van der Waals surface area contributed by atoms with Crippen molar-refractivity contribution in [1.82, 2.24) is 9.55 Å². The van der Waals surface area contributed by atoms with Gasteiger partial charge in [0.15, 0.2) is 0 Å². The van der Waals surface area contributed by atoms with Crippen LogP contribution in [0.3, 0.4) is 0 Å². The molecule has 0 aliphatic carbocycles. The summed E-state index contributed by atoms with van der Waals surface area (Å²) in [6.07, 6.45) is 3.26. The first-order valence-electron chi connectivity index (χ1n) is 4.39. The summed E-state index contributed by atoms with van der Waals surface area (Å²) < 4.78 is 15.1. The molecule has 0 spiro atoms. The Hall–Kier alpha value is -1.55. The van der Waals surface area contributed by atoms with Crippen LogP contribution in [0.15, 0.2) is 30.6 Å². The molecule has 0 amide bonds. The summed E-state index contributed by atoms with van der Waals surface area (Å²) in [6, 6.07) is 4.40. The van der Waals surface area contributed by atoms with E-state index >= 15 is 0 Å². The second-order valence-electron chi connectivity index (χ2n) is 2.97. The monoisotopic (exact) mass is 225 g/mol. The predicted octanol–water partition coefficient (Wildman–Crippen LogP) is 2.71. The van der Waals surface area contributed by atoms with E-state index in [0.717, 1.165) is 0 Å². The van der Waals surface area contributed by atoms with Crippen LogP contribution in [0.1, 0.15) is 0 Å². The Bertz CT molecular complexity index is 481. The van der Waals surface area contributed by atoms with Gasteiger partial charge in [0.2, 0.25) is 5.95 Å². The van der Waals surface area contributed by atoms with E-state index in [1.54, 1.807) is 30.1 Å². The number of nitrogens with zero attached hydrogens (tertiary/aromatic N) is 2. The minimum atomic E-state index is -0.339. The second kappa shape index (κ2) is 3.90. The molecule has 0 aliphatic heterocycles. The molecule has 1 N–H and O–H groups in total. The smallest absolute Gasteiger partial charge is 0.207 e. The van der Waals surface area contributed by atoms with Gasteiger partial charge in [0.25, 0.3) is 0 Å². The topological polar surface area (TPSA) is 29.9 Å². The van der Waals surface area contributed by atoms with E-state index in [0.29, 0.717) is 16.7 Å². The van der Waals surface area contributed by atoms with Crippen LogP contribution < -0.4 is 5.32 Å². The number of rotatable bonds is 2. The van der Waals surface area contributed by atoms with Gasteiger partial charge in [-0.2, -0.15) is 0 Å². The fraction of sp³-hybridized carbons (Fsp3) is 0.100. The van der Waals surface area contributed by atoms with Gasteiger partial charge in [-0.25, -0.2) is 9.37 Å². The van der Waals surface area contributed by atoms with E-state index < -0.39 is 0 Å². The molecule has 0 saturated carbocycles. The molecule has 0 aliphatic rings. The average Bonchev–Trinajstić information content (AvgIpc) is 2.69. The number of imidazole rings is 1. The highest BCUT2D eigenvalue weighted by Crippen LogP contribution is 2.21. The molecule has 0 saturated heterocycles. The summed E-state index contributed by atoms with van der Waals surface area (Å²) in [4.78, 5) is 4.02. The Balaban J connectivity index is 2.58. The SMILES string of the molecule is CNc1nccn1-c1cc(Cl)ccc1F. The highest BCUT2D eigenvalue weighted by atomic mass is 35.5. The maximum absolute atomic E-state index is 13.5. The predicted molar refractivity (Wildman–Crippen MR) is 58.1 cm³/mol. The number of hydrogen-bond acceptors (Lipinski definition) is 2. The largest absolute Gasteiger partial charge is 0.358 e. The lowest BCUT2D eigenvalue weighted by atomic mass is 10.3. The quantitative estimate of drug-likeness (QED) is 0.852. The number of anilines is 1. The van der Waals surface area contributed by atoms with Gasteiger partial charge in [-0.3, -0.25) is 4.57 Å². The van der Waals surface area contributed by atoms with Crippen LogP contribution in [0, 0.1) is 5.82 Å². The summed E-state index contributed by atoms with van der Waals surface area (Å²) in [5, 5.41) is 3.35. The van der Waals surface area contributed by atoms with Crippen molar-refractivity contribution >= 4 is 17.5 Å². The molecule has 2 rings (SSSR count). The van der Waals surface area contributed by atoms with Crippen LogP contribution in [0.4, 0.5) is 10.3 Å². The van der Waals surface area contributed by atoms with Crippen LogP contribution in [0.5, 0.6) is 0 Å². The molecule has 0 bridgehead atoms. The van der Waals surface area contributed by atoms with Crippen molar-refractivity contribution in [2.45, 2.75) is 0 Å². The molecule has 0 atom stereocenters. The molecule has 1 aromatic heterocycles. The molecule has 15 heavy (non-hydrogen) atoms. The molecule has 78 valence electrons. The summed E-state index contributed by atoms with van der Waals surface area (Å²) in [7, 11) is 1.72. The highest BCUT2D eigenvalue weighted by Gasteiger charge is 2.08. The van der Waals surface area contributed by atoms with Gasteiger partial charge in [0.1, 0.15) is 5.82 Å². The lowest BCUT2D eigenvalue weighted by molar-refractivity contribution is 0.618. The zero-order valence-electron chi connectivity index (χ0n) is 8.04. The Morgan fingerprint density at radius 2 is 2.27 bits per heavy atom. The highest BCUT2D eigenvalue weighted by molar-refractivity contribution is 6.30. The zero-order chi connectivity index (χ0) is 10.8. The van der Waals surface area contributed by atoms with Crippen LogP contribution in [0.2, 0.25) is 5.02 Å². The molecule has 1 aromatic carbocycles. The molecule has 5 heteroatoms. The van der Waals surface area contributed by atoms with Crippen LogP contribution in [-0.2, 0) is 0 Å². The van der Waals surface area contributed by atoms with E-state index in [1.807, 2.05) is 0 Å². The third-order valence-corrected chi connectivity index (χ3v) is 2.27. The van der Waals surface area contributed by atoms with Crippen molar-refractivity contribution in [3.63, 3.8) is 0 Å². The van der Waals surface area contributed by atoms with E-state index in [2.05, 4.69) is 10.3 Å². The van der Waals surface area contributed by atoms with Crippen LogP contribution in [0.25, 0.3) is 5.69 Å². The first kappa shape index (κ1) is 9.98. The fourth-order valence-electron chi connectivity index (χ4n) is 1.35. The third-order valence-electron chi connectivity index (χ3n) is 2.03. The van der Waals surface area contributed by atoms with E-state index in [-0.39, 0.29) is 5.82 Å². The van der Waals surface area contributed by atoms with Crippen LogP contribution in [-0.4, -0.2) is 16.6 Å². The molecule has 0 unspecified atom stereocenters. The fourth-order valence-corrected chi connectivity index (χ4v) is 1.52. The van der Waals surface area contributed by atoms with Gasteiger partial charge in [-0.05, 0) is 18.2 Å². The minimum absolute atomic E-state index is 0.339. The average molecular weight is 226 g/mol. The van der Waals surface area contributed by atoms with E-state index in [1.165, 1.54) is 12.1 Å². The molecule has 3 nitrogen and oxygen atoms in total. The van der Waals surface area contributed by atoms with Gasteiger partial charge >= 0.3 is 0 Å². The van der Waals surface area contributed by atoms with Gasteiger partial charge in [0, 0.05) is 24.5 Å². The Morgan fingerprint density at radius 1 is 1.47 bits per heavy atom. The number of hydrogen-bond donors (Lipinski definition) is 1. The normalized spacial score (nSPS) is 10.3. The van der Waals surface area contributed by atoms with Gasteiger partial charge in [-0.1, -0.05) is 11.6 Å². The number of benzene rings is 1. The van der Waals surface area contributed by atoms with Gasteiger partial charge in [0.05, 0.1) is 5.69 Å². The lowest BCUT2D eigenvalue weighted by Crippen LogP contribution is -2.02. The summed E-state index contributed by atoms with van der Waals surface area (Å²) in [5.41, 5.74) is 0.379. The minimum Gasteiger partial charge on any atom is -0.358 e. The molecular formula is C10H9ClFN3. The number of aromatic nitrogens is 2. The Labute approximate surface area is 91.5 Å². The molecule has 0 radical (unpaired) electrons. The Morgan fingerprint density at radius 3 is 3.00 bits per heavy atom. The standard InChI is InChI=1S/C10H9ClFN3/c1-13-10-14-4-5-15(10)9-6-7(11)2-3-8(9)12/h2-6H,1H3,(H,13,14). The lowest BCUT2D eigenvalue weighted by Gasteiger charge is -2.08. The molecular weight excluding hydrogens is 217 g/mol. The molecule has 1 heterocycles. The first-order chi connectivity index (χ1) is 7.22. The van der Waals surface area contributed by atoms with Gasteiger partial charge < -0.3 is 5.32 Å². The van der Waals surface area contributed by atoms with Crippen molar-refractivity contribution in [2.75, 3.05) is 12.4 Å². The summed E-state index contributed by atoms with van der Waals surface area (Å²) >= 11 is 5.81. The Kier molecular flexibility index (Phi) is 2.60. The third kappa shape index (κ3) is 1.80. The number of nitrogens with one attached hydrogen (secondary N) is 1. The van der Waals surface area contributed by atoms with Crippen molar-refractivity contribution < 1.29 is 4.39 Å². The molecule has 0 fully saturated rings. The zero-order valence-corrected chi connectivity index (χ0v) is 8.79. The van der Waals surface area contributed by atoms with E-state index in [4.69, 9.17) is 11.6 Å². The van der Waals surface area contributed by atoms with Crippen molar-refractivity contribution in [1.29, 1.82) is 0 Å². The van der Waals surface area contributed by atoms with Crippen LogP contribution >= 0.6 is 11.6 Å². The summed E-state index contributed by atoms with van der Waals surface area (Å²) in [5.74, 6) is 0.227. The second-order valence-corrected chi connectivity index (χ2v) is 3.40. The maximum Gasteiger partial charge on any atom is 0.207 e. The van der Waals surface area contributed by atoms with Crippen molar-refractivity contribution in [3.05, 3.63) is 41.4 Å². The van der Waals surface area contributed by atoms with Crippen molar-refractivity contribution in [2.24, 2.45) is 0 Å². The van der Waals surface area contributed by atoms with E-state index in [9.17, 15) is 4.39 Å². The van der Waals surface area contributed by atoms with Gasteiger partial charge in [-0.15, -0.1) is 0 Å². The maximum atomic E-state index is 13.5. The van der Waals surface area contributed by atoms with Crippen molar-refractivity contribution in [3.8, 4) is 5.69 Å². The first-order valence-corrected chi connectivity index (χ1v) is 4.76. The molecule has 2 aromatic rings. The number of halogens is 2.